The molecule has 0 aliphatic heterocycles. The van der Waals surface area contributed by atoms with E-state index in [2.05, 4.69) is 22.6 Å². The minimum Gasteiger partial charge on any atom is -0.349 e. The number of hydrogen-bond acceptors (Lipinski definition) is 2. The maximum Gasteiger partial charge on any atom is 0.102 e. The van der Waals surface area contributed by atoms with Gasteiger partial charge in [0, 0.05) is 12.4 Å². The third kappa shape index (κ3) is 2.69. The van der Waals surface area contributed by atoms with Crippen molar-refractivity contribution in [3.63, 3.8) is 0 Å². The Morgan fingerprint density at radius 3 is 2.38 bits per heavy atom. The number of H-pyrrole nitrogens is 1. The van der Waals surface area contributed by atoms with E-state index in [0.29, 0.717) is 0 Å². The van der Waals surface area contributed by atoms with Crippen molar-refractivity contribution >= 4 is 12.6 Å². The molecule has 1 aromatic heterocycles. The number of rotatable bonds is 0. The standard InChI is InChI=1S/C4H6N2.CH4S/c1-4-5-2-3-6-4;1-2/h2-3H,1H3,(H,5,6);2H,1H3. The van der Waals surface area contributed by atoms with E-state index in [1.54, 1.807) is 18.6 Å². The Morgan fingerprint density at radius 2 is 2.25 bits per heavy atom. The number of aryl methyl sites for hydroxylation is 1. The molecule has 0 bridgehead atoms. The molecule has 2 nitrogen and oxygen atoms in total. The first-order valence-electron chi connectivity index (χ1n) is 2.30. The van der Waals surface area contributed by atoms with E-state index < -0.39 is 0 Å². The third-order valence-corrected chi connectivity index (χ3v) is 0.635. The van der Waals surface area contributed by atoms with E-state index in [-0.39, 0.29) is 0 Å². The second-order valence-electron chi connectivity index (χ2n) is 1.17. The largest absolute Gasteiger partial charge is 0.349 e. The number of aromatic nitrogens is 2. The summed E-state index contributed by atoms with van der Waals surface area (Å²) in [5, 5.41) is 0. The van der Waals surface area contributed by atoms with Gasteiger partial charge in [0.15, 0.2) is 0 Å². The highest BCUT2D eigenvalue weighted by Gasteiger charge is 1.73. The summed E-state index contributed by atoms with van der Waals surface area (Å²) in [5.74, 6) is 0.968. The van der Waals surface area contributed by atoms with Crippen LogP contribution < -0.4 is 0 Å². The van der Waals surface area contributed by atoms with Crippen molar-refractivity contribution in [3.8, 4) is 0 Å². The van der Waals surface area contributed by atoms with E-state index in [1.165, 1.54) is 0 Å². The SMILES string of the molecule is CS.Cc1ncc[nH]1. The van der Waals surface area contributed by atoms with Gasteiger partial charge < -0.3 is 4.98 Å². The lowest BCUT2D eigenvalue weighted by atomic mass is 10.8. The van der Waals surface area contributed by atoms with Gasteiger partial charge in [0.2, 0.25) is 0 Å². The van der Waals surface area contributed by atoms with Crippen LogP contribution >= 0.6 is 12.6 Å². The molecule has 0 saturated heterocycles. The zero-order valence-corrected chi connectivity index (χ0v) is 5.94. The van der Waals surface area contributed by atoms with Crippen molar-refractivity contribution in [3.05, 3.63) is 18.2 Å². The summed E-state index contributed by atoms with van der Waals surface area (Å²) in [6, 6.07) is 0. The van der Waals surface area contributed by atoms with Crippen molar-refractivity contribution in [1.29, 1.82) is 0 Å². The van der Waals surface area contributed by atoms with E-state index in [0.717, 1.165) is 5.82 Å². The molecule has 0 aliphatic carbocycles. The smallest absolute Gasteiger partial charge is 0.102 e. The highest BCUT2D eigenvalue weighted by Crippen LogP contribution is 1.78. The van der Waals surface area contributed by atoms with Crippen molar-refractivity contribution in [1.82, 2.24) is 9.97 Å². The van der Waals surface area contributed by atoms with Gasteiger partial charge >= 0.3 is 0 Å². The summed E-state index contributed by atoms with van der Waals surface area (Å²) >= 11 is 3.53. The van der Waals surface area contributed by atoms with Gasteiger partial charge in [-0.1, -0.05) is 0 Å². The monoisotopic (exact) mass is 130 g/mol. The molecule has 46 valence electrons. The van der Waals surface area contributed by atoms with Crippen molar-refractivity contribution in [2.75, 3.05) is 6.26 Å². The Balaban J connectivity index is 0.000000222. The van der Waals surface area contributed by atoms with Gasteiger partial charge in [-0.05, 0) is 13.2 Å². The lowest BCUT2D eigenvalue weighted by Crippen LogP contribution is -1.66. The van der Waals surface area contributed by atoms with Crippen LogP contribution in [0.25, 0.3) is 0 Å². The molecule has 0 fully saturated rings. The number of imidazole rings is 1. The number of aromatic amines is 1. The number of nitrogens with one attached hydrogen (secondary N) is 1. The maximum atomic E-state index is 3.86. The first-order chi connectivity index (χ1) is 3.89. The van der Waals surface area contributed by atoms with Crippen molar-refractivity contribution in [2.24, 2.45) is 0 Å². The average molecular weight is 130 g/mol. The fourth-order valence-corrected chi connectivity index (χ4v) is 0.344. The molecule has 0 spiro atoms. The van der Waals surface area contributed by atoms with Crippen molar-refractivity contribution in [2.45, 2.75) is 6.92 Å². The molecule has 0 unspecified atom stereocenters. The van der Waals surface area contributed by atoms with E-state index in [4.69, 9.17) is 0 Å². The second-order valence-corrected chi connectivity index (χ2v) is 1.17. The molecule has 1 aromatic rings. The molecule has 8 heavy (non-hydrogen) atoms. The van der Waals surface area contributed by atoms with Gasteiger partial charge in [-0.2, -0.15) is 12.6 Å². The Hall–Kier alpha value is -0.440. The van der Waals surface area contributed by atoms with E-state index in [9.17, 15) is 0 Å². The van der Waals surface area contributed by atoms with Gasteiger partial charge in [0.1, 0.15) is 5.82 Å². The van der Waals surface area contributed by atoms with Crippen LogP contribution in [0.5, 0.6) is 0 Å². The van der Waals surface area contributed by atoms with Crippen LogP contribution in [-0.4, -0.2) is 16.2 Å². The second kappa shape index (κ2) is 4.71. The lowest BCUT2D eigenvalue weighted by Gasteiger charge is -1.68. The molecule has 1 rings (SSSR count). The molecular weight excluding hydrogens is 120 g/mol. The predicted molar refractivity (Wildman–Crippen MR) is 38.2 cm³/mol. The molecule has 0 amide bonds. The molecule has 0 aliphatic rings. The normalized spacial score (nSPS) is 7.38. The number of nitrogens with zero attached hydrogens (tertiary/aromatic N) is 1. The van der Waals surface area contributed by atoms with Crippen LogP contribution in [0.1, 0.15) is 5.82 Å². The molecule has 0 aromatic carbocycles. The number of hydrogen-bond donors (Lipinski definition) is 2. The third-order valence-electron chi connectivity index (χ3n) is 0.635. The Morgan fingerprint density at radius 1 is 1.62 bits per heavy atom. The fourth-order valence-electron chi connectivity index (χ4n) is 0.344. The first-order valence-corrected chi connectivity index (χ1v) is 3.20. The first kappa shape index (κ1) is 7.56. The Kier molecular flexibility index (Phi) is 4.45. The Labute approximate surface area is 54.8 Å². The molecule has 1 heterocycles. The van der Waals surface area contributed by atoms with Crippen LogP contribution in [0.3, 0.4) is 0 Å². The lowest BCUT2D eigenvalue weighted by molar-refractivity contribution is 1.15. The van der Waals surface area contributed by atoms with Gasteiger partial charge in [-0.3, -0.25) is 0 Å². The minimum absolute atomic E-state index is 0.968. The van der Waals surface area contributed by atoms with Gasteiger partial charge in [0.25, 0.3) is 0 Å². The van der Waals surface area contributed by atoms with Crippen molar-refractivity contribution < 1.29 is 0 Å². The van der Waals surface area contributed by atoms with E-state index >= 15 is 0 Å². The highest BCUT2D eigenvalue weighted by molar-refractivity contribution is 7.79. The summed E-state index contributed by atoms with van der Waals surface area (Å²) in [4.78, 5) is 6.75. The summed E-state index contributed by atoms with van der Waals surface area (Å²) in [5.41, 5.74) is 0. The maximum absolute atomic E-state index is 3.86. The summed E-state index contributed by atoms with van der Waals surface area (Å²) in [7, 11) is 0. The van der Waals surface area contributed by atoms with E-state index in [1.807, 2.05) is 6.92 Å². The van der Waals surface area contributed by atoms with Gasteiger partial charge in [0.05, 0.1) is 0 Å². The molecule has 0 saturated carbocycles. The number of thiol groups is 1. The molecular formula is C5H10N2S. The van der Waals surface area contributed by atoms with Crippen LogP contribution in [0, 0.1) is 6.92 Å². The van der Waals surface area contributed by atoms with Crippen LogP contribution in [0.2, 0.25) is 0 Å². The zero-order valence-electron chi connectivity index (χ0n) is 5.05. The Bertz CT molecular complexity index is 114. The topological polar surface area (TPSA) is 28.7 Å². The van der Waals surface area contributed by atoms with Crippen LogP contribution in [-0.2, 0) is 0 Å². The predicted octanol–water partition coefficient (Wildman–Crippen LogP) is 1.26. The quantitative estimate of drug-likeness (QED) is 0.509. The molecule has 3 heteroatoms. The highest BCUT2D eigenvalue weighted by atomic mass is 32.1. The summed E-state index contributed by atoms with van der Waals surface area (Å²) in [6.07, 6.45) is 5.23. The van der Waals surface area contributed by atoms with Gasteiger partial charge in [-0.25, -0.2) is 4.98 Å². The molecule has 0 radical (unpaired) electrons. The van der Waals surface area contributed by atoms with Crippen LogP contribution in [0.4, 0.5) is 0 Å². The van der Waals surface area contributed by atoms with Crippen LogP contribution in [0.15, 0.2) is 12.4 Å². The average Bonchev–Trinajstić information content (AvgIpc) is 2.24. The summed E-state index contributed by atoms with van der Waals surface area (Å²) in [6.45, 7) is 1.92. The van der Waals surface area contributed by atoms with Gasteiger partial charge in [-0.15, -0.1) is 0 Å². The zero-order chi connectivity index (χ0) is 6.41. The summed E-state index contributed by atoms with van der Waals surface area (Å²) < 4.78 is 0. The molecule has 0 atom stereocenters. The minimum atomic E-state index is 0.968. The fraction of sp³-hybridized carbons (Fsp3) is 0.400. The molecule has 1 N–H and O–H groups in total.